The number of hydrogen-bond donors (Lipinski definition) is 0. The zero-order valence-electron chi connectivity index (χ0n) is 15.3. The number of piperidine rings is 1. The van der Waals surface area contributed by atoms with E-state index in [2.05, 4.69) is 15.1 Å². The first-order valence-electron chi connectivity index (χ1n) is 8.38. The smallest absolute Gasteiger partial charge is 0.257 e. The molecule has 10 heteroatoms. The Morgan fingerprint density at radius 1 is 1.27 bits per heavy atom. The van der Waals surface area contributed by atoms with E-state index in [1.54, 1.807) is 26.2 Å². The fourth-order valence-corrected chi connectivity index (χ4v) is 4.86. The van der Waals surface area contributed by atoms with Crippen LogP contribution in [-0.2, 0) is 10.0 Å². The van der Waals surface area contributed by atoms with Crippen molar-refractivity contribution in [1.82, 2.24) is 19.4 Å². The monoisotopic (exact) mass is 381 g/mol. The van der Waals surface area contributed by atoms with Crippen molar-refractivity contribution in [3.63, 3.8) is 0 Å². The first kappa shape index (κ1) is 18.6. The van der Waals surface area contributed by atoms with Crippen LogP contribution in [0.5, 0.6) is 5.88 Å². The van der Waals surface area contributed by atoms with Crippen molar-refractivity contribution in [2.45, 2.75) is 37.7 Å². The van der Waals surface area contributed by atoms with E-state index in [4.69, 9.17) is 9.26 Å². The molecule has 26 heavy (non-hydrogen) atoms. The largest absolute Gasteiger partial charge is 0.470 e. The summed E-state index contributed by atoms with van der Waals surface area (Å²) < 4.78 is 38.4. The molecule has 3 rings (SSSR count). The predicted octanol–water partition coefficient (Wildman–Crippen LogP) is 1.38. The van der Waals surface area contributed by atoms with Crippen LogP contribution in [0.1, 0.15) is 24.3 Å². The van der Waals surface area contributed by atoms with Crippen molar-refractivity contribution in [1.29, 1.82) is 0 Å². The Morgan fingerprint density at radius 3 is 2.65 bits per heavy atom. The molecule has 2 aromatic rings. The van der Waals surface area contributed by atoms with Crippen molar-refractivity contribution >= 4 is 15.8 Å². The van der Waals surface area contributed by atoms with Crippen LogP contribution in [0.2, 0.25) is 0 Å². The van der Waals surface area contributed by atoms with Gasteiger partial charge in [0, 0.05) is 33.0 Å². The minimum atomic E-state index is -3.68. The van der Waals surface area contributed by atoms with Gasteiger partial charge in [-0.3, -0.25) is 0 Å². The molecule has 0 aliphatic carbocycles. The summed E-state index contributed by atoms with van der Waals surface area (Å²) in [4.78, 5) is 10.5. The van der Waals surface area contributed by atoms with Gasteiger partial charge >= 0.3 is 0 Å². The van der Waals surface area contributed by atoms with Gasteiger partial charge in [-0.25, -0.2) is 18.4 Å². The Labute approximate surface area is 153 Å². The van der Waals surface area contributed by atoms with Gasteiger partial charge in [0.2, 0.25) is 10.0 Å². The molecule has 0 N–H and O–H groups in total. The normalized spacial score (nSPS) is 18.7. The molecule has 1 unspecified atom stereocenters. The fraction of sp³-hybridized carbons (Fsp3) is 0.562. The van der Waals surface area contributed by atoms with E-state index in [1.165, 1.54) is 4.31 Å². The second-order valence-electron chi connectivity index (χ2n) is 6.48. The topological polar surface area (TPSA) is 102 Å². The lowest BCUT2D eigenvalue weighted by Crippen LogP contribution is -2.44. The Bertz CT molecular complexity index is 861. The number of nitrogens with zero attached hydrogens (tertiary/aromatic N) is 5. The van der Waals surface area contributed by atoms with Crippen LogP contribution in [0.4, 0.5) is 5.82 Å². The zero-order chi connectivity index (χ0) is 18.9. The number of sulfonamides is 1. The Balaban J connectivity index is 1.80. The quantitative estimate of drug-likeness (QED) is 0.765. The van der Waals surface area contributed by atoms with E-state index >= 15 is 0 Å². The molecule has 0 amide bonds. The number of hydrogen-bond acceptors (Lipinski definition) is 8. The summed E-state index contributed by atoms with van der Waals surface area (Å²) in [5.74, 6) is 1.31. The minimum absolute atomic E-state index is 0.145. The second-order valence-corrected chi connectivity index (χ2v) is 8.35. The molecule has 1 aliphatic rings. The van der Waals surface area contributed by atoms with Gasteiger partial charge in [-0.05, 0) is 26.7 Å². The Hall–Kier alpha value is -2.20. The van der Waals surface area contributed by atoms with Crippen LogP contribution in [-0.4, -0.2) is 61.1 Å². The second kappa shape index (κ2) is 7.20. The zero-order valence-corrected chi connectivity index (χ0v) is 16.2. The van der Waals surface area contributed by atoms with E-state index in [1.807, 2.05) is 19.0 Å². The third-order valence-electron chi connectivity index (χ3n) is 4.26. The highest BCUT2D eigenvalue weighted by Crippen LogP contribution is 2.28. The fourth-order valence-electron chi connectivity index (χ4n) is 3.06. The van der Waals surface area contributed by atoms with Gasteiger partial charge in [-0.2, -0.15) is 4.31 Å². The first-order valence-corrected chi connectivity index (χ1v) is 9.82. The molecule has 2 aromatic heterocycles. The molecule has 0 radical (unpaired) electrons. The lowest BCUT2D eigenvalue weighted by molar-refractivity contribution is 0.124. The van der Waals surface area contributed by atoms with E-state index in [0.717, 1.165) is 6.42 Å². The maximum atomic E-state index is 13.0. The summed E-state index contributed by atoms with van der Waals surface area (Å²) >= 11 is 0. The molecule has 0 bridgehead atoms. The van der Waals surface area contributed by atoms with Gasteiger partial charge in [0.25, 0.3) is 5.88 Å². The third-order valence-corrected chi connectivity index (χ3v) is 6.37. The van der Waals surface area contributed by atoms with Crippen molar-refractivity contribution in [3.05, 3.63) is 23.8 Å². The molecule has 1 saturated heterocycles. The highest BCUT2D eigenvalue weighted by molar-refractivity contribution is 7.89. The SMILES string of the molecule is Cc1noc(C)c1S(=O)(=O)N1CCCC(Oc2nccnc2N(C)C)C1. The van der Waals surface area contributed by atoms with Crippen LogP contribution in [0.15, 0.2) is 21.8 Å². The van der Waals surface area contributed by atoms with Crippen LogP contribution in [0.3, 0.4) is 0 Å². The van der Waals surface area contributed by atoms with E-state index in [9.17, 15) is 8.42 Å². The van der Waals surface area contributed by atoms with Crippen molar-refractivity contribution < 1.29 is 17.7 Å². The van der Waals surface area contributed by atoms with Crippen LogP contribution >= 0.6 is 0 Å². The number of aryl methyl sites for hydroxylation is 2. The maximum absolute atomic E-state index is 13.0. The van der Waals surface area contributed by atoms with Crippen molar-refractivity contribution in [2.75, 3.05) is 32.1 Å². The summed E-state index contributed by atoms with van der Waals surface area (Å²) in [7, 11) is 0.0252. The van der Waals surface area contributed by atoms with Gasteiger partial charge in [0.05, 0.1) is 6.54 Å². The van der Waals surface area contributed by atoms with E-state index < -0.39 is 10.0 Å². The maximum Gasteiger partial charge on any atom is 0.257 e. The summed E-state index contributed by atoms with van der Waals surface area (Å²) in [6.07, 6.45) is 4.30. The third kappa shape index (κ3) is 3.51. The summed E-state index contributed by atoms with van der Waals surface area (Å²) in [6, 6.07) is 0. The number of aromatic nitrogens is 3. The molecule has 9 nitrogen and oxygen atoms in total. The molecule has 1 aliphatic heterocycles. The average Bonchev–Trinajstić information content (AvgIpc) is 2.94. The molecule has 3 heterocycles. The Kier molecular flexibility index (Phi) is 5.15. The molecule has 1 atom stereocenters. The molecule has 142 valence electrons. The molecule has 0 aromatic carbocycles. The summed E-state index contributed by atoms with van der Waals surface area (Å²) in [5, 5.41) is 3.76. The molecular weight excluding hydrogens is 358 g/mol. The van der Waals surface area contributed by atoms with Gasteiger partial charge < -0.3 is 14.2 Å². The van der Waals surface area contributed by atoms with Crippen LogP contribution in [0.25, 0.3) is 0 Å². The predicted molar refractivity (Wildman–Crippen MR) is 94.7 cm³/mol. The standard InChI is InChI=1S/C16H23N5O4S/c1-11-14(12(2)25-19-11)26(22,23)21-9-5-6-13(10-21)24-16-15(20(3)4)17-7-8-18-16/h7-8,13H,5-6,9-10H2,1-4H3. The van der Waals surface area contributed by atoms with Gasteiger partial charge in [-0.1, -0.05) is 5.16 Å². The van der Waals surface area contributed by atoms with Gasteiger partial charge in [0.15, 0.2) is 11.6 Å². The average molecular weight is 381 g/mol. The van der Waals surface area contributed by atoms with E-state index in [-0.39, 0.29) is 17.5 Å². The Morgan fingerprint density at radius 2 is 2.00 bits per heavy atom. The molecule has 0 saturated carbocycles. The summed E-state index contributed by atoms with van der Waals surface area (Å²) in [5.41, 5.74) is 0.370. The van der Waals surface area contributed by atoms with Gasteiger partial charge in [-0.15, -0.1) is 0 Å². The van der Waals surface area contributed by atoms with E-state index in [0.29, 0.717) is 36.1 Å². The van der Waals surface area contributed by atoms with Gasteiger partial charge in [0.1, 0.15) is 16.7 Å². The first-order chi connectivity index (χ1) is 12.3. The highest BCUT2D eigenvalue weighted by Gasteiger charge is 2.35. The summed E-state index contributed by atoms with van der Waals surface area (Å²) in [6.45, 7) is 3.92. The van der Waals surface area contributed by atoms with Crippen LogP contribution < -0.4 is 9.64 Å². The van der Waals surface area contributed by atoms with Crippen molar-refractivity contribution in [3.8, 4) is 5.88 Å². The lowest BCUT2D eigenvalue weighted by Gasteiger charge is -2.32. The molecular formula is C16H23N5O4S. The number of rotatable bonds is 5. The molecule has 1 fully saturated rings. The van der Waals surface area contributed by atoms with Crippen molar-refractivity contribution in [2.24, 2.45) is 0 Å². The number of ether oxygens (including phenoxy) is 1. The number of anilines is 1. The van der Waals surface area contributed by atoms with Crippen LogP contribution in [0, 0.1) is 13.8 Å². The molecule has 0 spiro atoms. The lowest BCUT2D eigenvalue weighted by atomic mass is 10.1. The minimum Gasteiger partial charge on any atom is -0.470 e. The highest BCUT2D eigenvalue weighted by atomic mass is 32.2.